The standard InChI is InChI=1S/C69H72O11/c1-69(67(77-49-59-40-24-9-25-41-59)65(75-47-57-36-20-7-21-37-57)63(73-45-55-32-16-5-17-33-55)61(79-69)51-71-43-53-28-12-3-13-29-53)80-68-66(76-48-58-38-22-8-23-39-58)64(74-46-56-34-18-6-19-35-56)62(72-44-54-30-14-4-15-31-54)60(78-68)50-70-42-52-26-10-2-11-27-52/h2-41,60-68H,42-51H2,1H3/t60-,61-,62+,63+,64+,65+,66-,67-,68?,69?/m1/s1. The SMILES string of the molecule is CC1(OC2O[C@H](COCc3ccccc3)[C@H](OCc3ccccc3)[C@H](OCc3ccccc3)[C@H]2OCc2ccccc2)O[C@H](COCc2ccccc2)[C@H](OCc2ccccc2)[C@H](OCc2ccccc2)[C@H]1OCc1ccccc1. The van der Waals surface area contributed by atoms with Gasteiger partial charge in [0.1, 0.15) is 48.8 Å². The van der Waals surface area contributed by atoms with Gasteiger partial charge in [-0.2, -0.15) is 0 Å². The molecule has 0 N–H and O–H groups in total. The van der Waals surface area contributed by atoms with E-state index in [1.165, 1.54) is 0 Å². The minimum atomic E-state index is -1.64. The third kappa shape index (κ3) is 16.2. The van der Waals surface area contributed by atoms with Crippen LogP contribution < -0.4 is 0 Å². The molecule has 8 aromatic carbocycles. The highest BCUT2D eigenvalue weighted by molar-refractivity contribution is 5.20. The fourth-order valence-corrected chi connectivity index (χ4v) is 10.2. The zero-order valence-corrected chi connectivity index (χ0v) is 45.4. The Morgan fingerprint density at radius 2 is 0.575 bits per heavy atom. The lowest BCUT2D eigenvalue weighted by molar-refractivity contribution is -0.431. The van der Waals surface area contributed by atoms with Gasteiger partial charge < -0.3 is 52.1 Å². The van der Waals surface area contributed by atoms with Crippen molar-refractivity contribution in [2.45, 2.75) is 121 Å². The molecule has 2 fully saturated rings. The molecule has 2 saturated heterocycles. The van der Waals surface area contributed by atoms with Crippen LogP contribution in [0.15, 0.2) is 243 Å². The maximum atomic E-state index is 7.62. The number of hydrogen-bond donors (Lipinski definition) is 0. The molecule has 10 atom stereocenters. The second kappa shape index (κ2) is 29.7. The van der Waals surface area contributed by atoms with E-state index in [1.807, 2.05) is 250 Å². The molecule has 8 aromatic rings. The van der Waals surface area contributed by atoms with Gasteiger partial charge in [0.25, 0.3) is 0 Å². The third-order valence-corrected chi connectivity index (χ3v) is 14.3. The quantitative estimate of drug-likeness (QED) is 0.0469. The number of benzene rings is 8. The Morgan fingerprint density at radius 3 is 0.938 bits per heavy atom. The van der Waals surface area contributed by atoms with E-state index in [0.29, 0.717) is 13.2 Å². The smallest absolute Gasteiger partial charge is 0.198 e. The van der Waals surface area contributed by atoms with Crippen molar-refractivity contribution in [2.24, 2.45) is 0 Å². The zero-order valence-electron chi connectivity index (χ0n) is 45.4. The van der Waals surface area contributed by atoms with Crippen molar-refractivity contribution < 1.29 is 52.1 Å². The van der Waals surface area contributed by atoms with Gasteiger partial charge >= 0.3 is 0 Å². The molecule has 414 valence electrons. The van der Waals surface area contributed by atoms with Crippen molar-refractivity contribution in [2.75, 3.05) is 13.2 Å². The van der Waals surface area contributed by atoms with E-state index in [1.54, 1.807) is 0 Å². The van der Waals surface area contributed by atoms with Gasteiger partial charge in [0.05, 0.1) is 66.1 Å². The summed E-state index contributed by atoms with van der Waals surface area (Å²) in [7, 11) is 0. The lowest BCUT2D eigenvalue weighted by Crippen LogP contribution is -2.70. The van der Waals surface area contributed by atoms with E-state index in [2.05, 4.69) is 0 Å². The molecule has 2 unspecified atom stereocenters. The third-order valence-electron chi connectivity index (χ3n) is 14.3. The van der Waals surface area contributed by atoms with Crippen LogP contribution in [0.25, 0.3) is 0 Å². The lowest BCUT2D eigenvalue weighted by atomic mass is 9.91. The fourth-order valence-electron chi connectivity index (χ4n) is 10.2. The number of hydrogen-bond acceptors (Lipinski definition) is 11. The van der Waals surface area contributed by atoms with Crippen molar-refractivity contribution in [3.63, 3.8) is 0 Å². The monoisotopic (exact) mass is 1080 g/mol. The Morgan fingerprint density at radius 1 is 0.300 bits per heavy atom. The first-order valence-electron chi connectivity index (χ1n) is 27.7. The van der Waals surface area contributed by atoms with Crippen LogP contribution in [-0.2, 0) is 105 Å². The summed E-state index contributed by atoms with van der Waals surface area (Å²) in [5, 5.41) is 0. The predicted molar refractivity (Wildman–Crippen MR) is 305 cm³/mol. The molecule has 11 nitrogen and oxygen atoms in total. The molecule has 0 amide bonds. The van der Waals surface area contributed by atoms with Crippen molar-refractivity contribution in [3.8, 4) is 0 Å². The number of ether oxygens (including phenoxy) is 11. The molecule has 2 aliphatic heterocycles. The minimum Gasteiger partial charge on any atom is -0.374 e. The maximum Gasteiger partial charge on any atom is 0.198 e. The summed E-state index contributed by atoms with van der Waals surface area (Å²) in [5.74, 6) is -1.64. The Kier molecular flexibility index (Phi) is 21.0. The summed E-state index contributed by atoms with van der Waals surface area (Å²) >= 11 is 0. The average molecular weight is 1080 g/mol. The Labute approximate surface area is 471 Å². The van der Waals surface area contributed by atoms with Crippen LogP contribution in [0.4, 0.5) is 0 Å². The Hall–Kier alpha value is -6.68. The molecule has 0 saturated carbocycles. The van der Waals surface area contributed by atoms with Crippen LogP contribution in [-0.4, -0.2) is 74.1 Å². The van der Waals surface area contributed by atoms with Crippen LogP contribution in [0.5, 0.6) is 0 Å². The van der Waals surface area contributed by atoms with Crippen molar-refractivity contribution in [1.29, 1.82) is 0 Å². The largest absolute Gasteiger partial charge is 0.374 e. The van der Waals surface area contributed by atoms with E-state index in [-0.39, 0.29) is 52.9 Å². The molecule has 11 heteroatoms. The Balaban J connectivity index is 1.06. The van der Waals surface area contributed by atoms with Crippen LogP contribution in [0.3, 0.4) is 0 Å². The molecular formula is C69H72O11. The molecular weight excluding hydrogens is 1000 g/mol. The molecule has 0 aliphatic carbocycles. The van der Waals surface area contributed by atoms with Gasteiger partial charge in [-0.05, 0) is 51.4 Å². The van der Waals surface area contributed by atoms with Crippen LogP contribution >= 0.6 is 0 Å². The van der Waals surface area contributed by atoms with Crippen molar-refractivity contribution in [1.82, 2.24) is 0 Å². The number of rotatable bonds is 28. The second-order valence-electron chi connectivity index (χ2n) is 20.4. The van der Waals surface area contributed by atoms with Gasteiger partial charge in [-0.25, -0.2) is 0 Å². The van der Waals surface area contributed by atoms with E-state index < -0.39 is 60.9 Å². The topological polar surface area (TPSA) is 102 Å². The normalized spacial score (nSPS) is 23.8. The van der Waals surface area contributed by atoms with Gasteiger partial charge in [0.15, 0.2) is 12.1 Å². The molecule has 80 heavy (non-hydrogen) atoms. The molecule has 2 aliphatic rings. The highest BCUT2D eigenvalue weighted by Gasteiger charge is 2.59. The summed E-state index contributed by atoms with van der Waals surface area (Å²) in [6, 6.07) is 80.7. The van der Waals surface area contributed by atoms with Crippen LogP contribution in [0, 0.1) is 0 Å². The van der Waals surface area contributed by atoms with Crippen molar-refractivity contribution in [3.05, 3.63) is 287 Å². The summed E-state index contributed by atoms with van der Waals surface area (Å²) in [5.41, 5.74) is 7.88. The highest BCUT2D eigenvalue weighted by Crippen LogP contribution is 2.42. The summed E-state index contributed by atoms with van der Waals surface area (Å²) in [6.07, 6.45) is -7.53. The summed E-state index contributed by atoms with van der Waals surface area (Å²) in [4.78, 5) is 0. The summed E-state index contributed by atoms with van der Waals surface area (Å²) in [6.45, 7) is 4.28. The Bertz CT molecular complexity index is 2950. The van der Waals surface area contributed by atoms with Crippen molar-refractivity contribution >= 4 is 0 Å². The van der Waals surface area contributed by atoms with Gasteiger partial charge in [-0.15, -0.1) is 0 Å². The van der Waals surface area contributed by atoms with E-state index >= 15 is 0 Å². The molecule has 0 radical (unpaired) electrons. The van der Waals surface area contributed by atoms with Crippen LogP contribution in [0.2, 0.25) is 0 Å². The van der Waals surface area contributed by atoms with Gasteiger partial charge in [-0.1, -0.05) is 243 Å². The van der Waals surface area contributed by atoms with E-state index in [4.69, 9.17) is 52.1 Å². The van der Waals surface area contributed by atoms with Crippen LogP contribution in [0.1, 0.15) is 51.4 Å². The van der Waals surface area contributed by atoms with Gasteiger partial charge in [-0.3, -0.25) is 0 Å². The predicted octanol–water partition coefficient (Wildman–Crippen LogP) is 12.8. The molecule has 0 bridgehead atoms. The summed E-state index contributed by atoms with van der Waals surface area (Å²) < 4.78 is 78.4. The minimum absolute atomic E-state index is 0.123. The lowest BCUT2D eigenvalue weighted by Gasteiger charge is -2.53. The van der Waals surface area contributed by atoms with E-state index in [0.717, 1.165) is 44.5 Å². The first kappa shape index (κ1) is 56.6. The first-order valence-corrected chi connectivity index (χ1v) is 27.7. The van der Waals surface area contributed by atoms with Gasteiger partial charge in [0.2, 0.25) is 0 Å². The van der Waals surface area contributed by atoms with Gasteiger partial charge in [0, 0.05) is 0 Å². The molecule has 2 heterocycles. The second-order valence-corrected chi connectivity index (χ2v) is 20.4. The maximum absolute atomic E-state index is 7.62. The molecule has 10 rings (SSSR count). The average Bonchev–Trinajstić information content (AvgIpc) is 3.60. The zero-order chi connectivity index (χ0) is 54.4. The van der Waals surface area contributed by atoms with E-state index in [9.17, 15) is 0 Å². The fraction of sp³-hybridized carbons (Fsp3) is 0.304. The first-order chi connectivity index (χ1) is 39.5. The highest BCUT2D eigenvalue weighted by atomic mass is 16.8. The molecule has 0 spiro atoms. The molecule has 0 aromatic heterocycles.